The molecule has 2 heteroatoms. The lowest BCUT2D eigenvalue weighted by atomic mass is 9.80. The number of aryl methyl sites for hydroxylation is 1. The van der Waals surface area contributed by atoms with Crippen LogP contribution in [0.15, 0.2) is 18.2 Å². The summed E-state index contributed by atoms with van der Waals surface area (Å²) in [6.07, 6.45) is 5.56. The second-order valence-corrected chi connectivity index (χ2v) is 6.42. The predicted molar refractivity (Wildman–Crippen MR) is 76.3 cm³/mol. The van der Waals surface area contributed by atoms with Gasteiger partial charge < -0.3 is 9.84 Å². The summed E-state index contributed by atoms with van der Waals surface area (Å²) in [5, 5.41) is 9.82. The molecule has 2 aliphatic carbocycles. The van der Waals surface area contributed by atoms with Crippen molar-refractivity contribution in [3.8, 4) is 5.75 Å². The summed E-state index contributed by atoms with van der Waals surface area (Å²) in [4.78, 5) is 0. The molecule has 0 radical (unpaired) electrons. The molecule has 0 saturated heterocycles. The van der Waals surface area contributed by atoms with Gasteiger partial charge >= 0.3 is 0 Å². The van der Waals surface area contributed by atoms with Crippen LogP contribution < -0.4 is 4.74 Å². The Balaban J connectivity index is 1.68. The molecule has 4 atom stereocenters. The van der Waals surface area contributed by atoms with Gasteiger partial charge in [0.1, 0.15) is 5.75 Å². The highest BCUT2D eigenvalue weighted by molar-refractivity contribution is 5.39. The average molecular weight is 260 g/mol. The van der Waals surface area contributed by atoms with Crippen molar-refractivity contribution in [2.24, 2.45) is 11.8 Å². The first-order valence-electron chi connectivity index (χ1n) is 7.61. The summed E-state index contributed by atoms with van der Waals surface area (Å²) in [7, 11) is 0. The van der Waals surface area contributed by atoms with Crippen LogP contribution in [-0.2, 0) is 6.42 Å². The molecule has 4 unspecified atom stereocenters. The summed E-state index contributed by atoms with van der Waals surface area (Å²) in [5.74, 6) is 2.57. The fourth-order valence-corrected chi connectivity index (χ4v) is 3.44. The van der Waals surface area contributed by atoms with Gasteiger partial charge in [-0.2, -0.15) is 0 Å². The third-order valence-corrected chi connectivity index (χ3v) is 5.01. The van der Waals surface area contributed by atoms with Crippen LogP contribution in [0.1, 0.15) is 56.8 Å². The molecule has 0 aromatic heterocycles. The zero-order chi connectivity index (χ0) is 13.4. The smallest absolute Gasteiger partial charge is 0.120 e. The maximum Gasteiger partial charge on any atom is 0.120 e. The molecule has 1 fully saturated rings. The third kappa shape index (κ3) is 2.64. The number of benzene rings is 1. The Morgan fingerprint density at radius 2 is 1.95 bits per heavy atom. The van der Waals surface area contributed by atoms with Crippen LogP contribution in [0.4, 0.5) is 0 Å². The zero-order valence-corrected chi connectivity index (χ0v) is 11.9. The first kappa shape index (κ1) is 13.0. The molecule has 2 nitrogen and oxygen atoms in total. The second kappa shape index (κ2) is 5.16. The quantitative estimate of drug-likeness (QED) is 0.874. The summed E-state index contributed by atoms with van der Waals surface area (Å²) in [5.41, 5.74) is 2.36. The van der Waals surface area contributed by atoms with Crippen LogP contribution in [0, 0.1) is 11.8 Å². The molecule has 104 valence electrons. The highest BCUT2D eigenvalue weighted by Gasteiger charge is 2.26. The van der Waals surface area contributed by atoms with Crippen molar-refractivity contribution < 1.29 is 9.84 Å². The molecule has 1 N–H and O–H groups in total. The molecule has 1 aromatic rings. The van der Waals surface area contributed by atoms with Gasteiger partial charge in [0.2, 0.25) is 0 Å². The monoisotopic (exact) mass is 260 g/mol. The normalized spacial score (nSPS) is 34.1. The minimum absolute atomic E-state index is 0.264. The number of ether oxygens (including phenoxy) is 1. The number of hydrogen-bond acceptors (Lipinski definition) is 2. The van der Waals surface area contributed by atoms with E-state index < -0.39 is 0 Å². The van der Waals surface area contributed by atoms with E-state index in [1.165, 1.54) is 24.8 Å². The van der Waals surface area contributed by atoms with E-state index in [1.807, 2.05) is 12.1 Å². The summed E-state index contributed by atoms with van der Waals surface area (Å²) in [6, 6.07) is 6.20. The van der Waals surface area contributed by atoms with Gasteiger partial charge in [0.15, 0.2) is 0 Å². The fraction of sp³-hybridized carbons (Fsp3) is 0.647. The second-order valence-electron chi connectivity index (χ2n) is 6.42. The minimum atomic E-state index is -0.264. The SMILES string of the molecule is CC1CCC(Oc2ccc3c(c2)CCC3O)CC1C. The lowest BCUT2D eigenvalue weighted by Gasteiger charge is -2.32. The molecule has 0 bridgehead atoms. The van der Waals surface area contributed by atoms with Crippen molar-refractivity contribution in [2.45, 2.75) is 58.2 Å². The maximum absolute atomic E-state index is 9.82. The van der Waals surface area contributed by atoms with Crippen molar-refractivity contribution in [3.63, 3.8) is 0 Å². The van der Waals surface area contributed by atoms with Crippen molar-refractivity contribution >= 4 is 0 Å². The van der Waals surface area contributed by atoms with Crippen LogP contribution in [-0.4, -0.2) is 11.2 Å². The molecule has 2 aliphatic rings. The third-order valence-electron chi connectivity index (χ3n) is 5.01. The van der Waals surface area contributed by atoms with Crippen LogP contribution in [0.5, 0.6) is 5.75 Å². The van der Waals surface area contributed by atoms with Gasteiger partial charge in [0.05, 0.1) is 12.2 Å². The molecule has 0 heterocycles. The number of aliphatic hydroxyl groups is 1. The highest BCUT2D eigenvalue weighted by Crippen LogP contribution is 2.35. The van der Waals surface area contributed by atoms with Crippen LogP contribution in [0.25, 0.3) is 0 Å². The Morgan fingerprint density at radius 1 is 1.11 bits per heavy atom. The molecule has 1 saturated carbocycles. The van der Waals surface area contributed by atoms with E-state index in [4.69, 9.17) is 4.74 Å². The van der Waals surface area contributed by atoms with Gasteiger partial charge in [-0.25, -0.2) is 0 Å². The molecule has 3 rings (SSSR count). The Labute approximate surface area is 115 Å². The van der Waals surface area contributed by atoms with Crippen molar-refractivity contribution in [3.05, 3.63) is 29.3 Å². The molecule has 0 aliphatic heterocycles. The van der Waals surface area contributed by atoms with E-state index in [0.717, 1.165) is 36.0 Å². The van der Waals surface area contributed by atoms with Gasteiger partial charge in [0, 0.05) is 0 Å². The number of hydrogen-bond donors (Lipinski definition) is 1. The van der Waals surface area contributed by atoms with Gasteiger partial charge in [-0.05, 0) is 67.2 Å². The van der Waals surface area contributed by atoms with Crippen molar-refractivity contribution in [2.75, 3.05) is 0 Å². The number of rotatable bonds is 2. The van der Waals surface area contributed by atoms with Crippen LogP contribution >= 0.6 is 0 Å². The lowest BCUT2D eigenvalue weighted by molar-refractivity contribution is 0.101. The standard InChI is InChI=1S/C17H24O2/c1-11-3-5-14(9-12(11)2)19-15-6-7-16-13(10-15)4-8-17(16)18/h6-7,10-12,14,17-18H,3-5,8-9H2,1-2H3. The van der Waals surface area contributed by atoms with Gasteiger partial charge in [-0.3, -0.25) is 0 Å². The Morgan fingerprint density at radius 3 is 2.74 bits per heavy atom. The van der Waals surface area contributed by atoms with E-state index in [-0.39, 0.29) is 6.10 Å². The fourth-order valence-electron chi connectivity index (χ4n) is 3.44. The molecule has 0 spiro atoms. The summed E-state index contributed by atoms with van der Waals surface area (Å²) in [6.45, 7) is 4.68. The van der Waals surface area contributed by atoms with Crippen LogP contribution in [0.2, 0.25) is 0 Å². The summed E-state index contributed by atoms with van der Waals surface area (Å²) >= 11 is 0. The van der Waals surface area contributed by atoms with E-state index >= 15 is 0 Å². The molecule has 19 heavy (non-hydrogen) atoms. The van der Waals surface area contributed by atoms with Gasteiger partial charge in [-0.15, -0.1) is 0 Å². The maximum atomic E-state index is 9.82. The summed E-state index contributed by atoms with van der Waals surface area (Å²) < 4.78 is 6.15. The minimum Gasteiger partial charge on any atom is -0.490 e. The van der Waals surface area contributed by atoms with E-state index in [0.29, 0.717) is 6.10 Å². The predicted octanol–water partition coefficient (Wildman–Crippen LogP) is 3.87. The number of aliphatic hydroxyl groups excluding tert-OH is 1. The largest absolute Gasteiger partial charge is 0.490 e. The molecule has 0 amide bonds. The van der Waals surface area contributed by atoms with Crippen LogP contribution in [0.3, 0.4) is 0 Å². The number of fused-ring (bicyclic) bond motifs is 1. The first-order valence-corrected chi connectivity index (χ1v) is 7.61. The zero-order valence-electron chi connectivity index (χ0n) is 11.9. The van der Waals surface area contributed by atoms with E-state index in [2.05, 4.69) is 19.9 Å². The average Bonchev–Trinajstić information content (AvgIpc) is 2.75. The highest BCUT2D eigenvalue weighted by atomic mass is 16.5. The Hall–Kier alpha value is -1.02. The van der Waals surface area contributed by atoms with Gasteiger partial charge in [-0.1, -0.05) is 19.9 Å². The van der Waals surface area contributed by atoms with Gasteiger partial charge in [0.25, 0.3) is 0 Å². The molecular formula is C17H24O2. The molecular weight excluding hydrogens is 236 g/mol. The molecule has 1 aromatic carbocycles. The first-order chi connectivity index (χ1) is 9.13. The topological polar surface area (TPSA) is 29.5 Å². The van der Waals surface area contributed by atoms with E-state index in [1.54, 1.807) is 0 Å². The Kier molecular flexibility index (Phi) is 3.53. The van der Waals surface area contributed by atoms with Crippen molar-refractivity contribution in [1.29, 1.82) is 0 Å². The van der Waals surface area contributed by atoms with Crippen molar-refractivity contribution in [1.82, 2.24) is 0 Å². The lowest BCUT2D eigenvalue weighted by Crippen LogP contribution is -2.28. The Bertz CT molecular complexity index is 455. The van der Waals surface area contributed by atoms with E-state index in [9.17, 15) is 5.11 Å².